The van der Waals surface area contributed by atoms with Crippen LogP contribution in [0.3, 0.4) is 0 Å². The van der Waals surface area contributed by atoms with Crippen LogP contribution in [0.15, 0.2) is 0 Å². The van der Waals surface area contributed by atoms with E-state index in [0.29, 0.717) is 6.42 Å². The predicted molar refractivity (Wildman–Crippen MR) is 56.4 cm³/mol. The van der Waals surface area contributed by atoms with Gasteiger partial charge < -0.3 is 20.3 Å². The number of nitrogens with one attached hydrogen (secondary N) is 1. The Morgan fingerprint density at radius 1 is 1.33 bits per heavy atom. The van der Waals surface area contributed by atoms with Crippen LogP contribution in [0.4, 0.5) is 0 Å². The number of methoxy groups -OCH3 is 1. The zero-order valence-electron chi connectivity index (χ0n) is 9.83. The molecule has 0 atom stereocenters. The summed E-state index contributed by atoms with van der Waals surface area (Å²) in [6, 6.07) is 0. The molecule has 0 aliphatic heterocycles. The molecule has 0 saturated heterocycles. The third-order valence-corrected chi connectivity index (χ3v) is 2.72. The van der Waals surface area contributed by atoms with Crippen molar-refractivity contribution in [3.63, 3.8) is 0 Å². The molecule has 0 fully saturated rings. The van der Waals surface area contributed by atoms with Crippen LogP contribution in [-0.4, -0.2) is 47.6 Å². The van der Waals surface area contributed by atoms with Gasteiger partial charge in [-0.2, -0.15) is 0 Å². The molecule has 0 aliphatic rings. The SMILES string of the molecule is CCC(CO)(CO)NC(=O)C(C)(C)OC. The zero-order chi connectivity index (χ0) is 12.1. The minimum Gasteiger partial charge on any atom is -0.394 e. The molecule has 5 heteroatoms. The Kier molecular flexibility index (Phi) is 5.20. The van der Waals surface area contributed by atoms with Crippen molar-refractivity contribution in [2.24, 2.45) is 0 Å². The molecule has 0 saturated carbocycles. The van der Waals surface area contributed by atoms with Gasteiger partial charge >= 0.3 is 0 Å². The second kappa shape index (κ2) is 5.44. The number of carbonyl (C=O) groups excluding carboxylic acids is 1. The lowest BCUT2D eigenvalue weighted by Crippen LogP contribution is -2.58. The Morgan fingerprint density at radius 3 is 2.07 bits per heavy atom. The smallest absolute Gasteiger partial charge is 0.252 e. The molecule has 3 N–H and O–H groups in total. The number of aliphatic hydroxyl groups excluding tert-OH is 2. The van der Waals surface area contributed by atoms with E-state index in [4.69, 9.17) is 14.9 Å². The van der Waals surface area contributed by atoms with Crippen molar-refractivity contribution in [1.82, 2.24) is 5.32 Å². The van der Waals surface area contributed by atoms with Crippen molar-refractivity contribution in [2.45, 2.75) is 38.3 Å². The molecule has 0 rings (SSSR count). The third-order valence-electron chi connectivity index (χ3n) is 2.72. The van der Waals surface area contributed by atoms with E-state index < -0.39 is 11.1 Å². The number of rotatable bonds is 6. The van der Waals surface area contributed by atoms with Gasteiger partial charge in [0.15, 0.2) is 0 Å². The summed E-state index contributed by atoms with van der Waals surface area (Å²) in [5.74, 6) is -0.352. The monoisotopic (exact) mass is 219 g/mol. The molecule has 90 valence electrons. The maximum atomic E-state index is 11.7. The lowest BCUT2D eigenvalue weighted by Gasteiger charge is -2.33. The van der Waals surface area contributed by atoms with Crippen LogP contribution in [-0.2, 0) is 9.53 Å². The molecule has 0 aromatic rings. The fourth-order valence-electron chi connectivity index (χ4n) is 0.925. The third kappa shape index (κ3) is 3.44. The molecule has 0 radical (unpaired) electrons. The van der Waals surface area contributed by atoms with Gasteiger partial charge in [-0.05, 0) is 20.3 Å². The number of hydrogen-bond donors (Lipinski definition) is 3. The van der Waals surface area contributed by atoms with Gasteiger partial charge in [0, 0.05) is 7.11 Å². The highest BCUT2D eigenvalue weighted by atomic mass is 16.5. The lowest BCUT2D eigenvalue weighted by molar-refractivity contribution is -0.143. The highest BCUT2D eigenvalue weighted by Crippen LogP contribution is 2.13. The van der Waals surface area contributed by atoms with E-state index in [2.05, 4.69) is 5.32 Å². The first kappa shape index (κ1) is 14.3. The summed E-state index contributed by atoms with van der Waals surface area (Å²) in [7, 11) is 1.44. The van der Waals surface area contributed by atoms with E-state index in [0.717, 1.165) is 0 Å². The Morgan fingerprint density at radius 2 is 1.80 bits per heavy atom. The average Bonchev–Trinajstić information content (AvgIpc) is 2.25. The summed E-state index contributed by atoms with van der Waals surface area (Å²) < 4.78 is 5.00. The molecule has 1 amide bonds. The van der Waals surface area contributed by atoms with E-state index in [1.807, 2.05) is 0 Å². The summed E-state index contributed by atoms with van der Waals surface area (Å²) in [6.45, 7) is 4.43. The van der Waals surface area contributed by atoms with E-state index in [1.54, 1.807) is 20.8 Å². The maximum absolute atomic E-state index is 11.7. The molecular weight excluding hydrogens is 198 g/mol. The summed E-state index contributed by atoms with van der Waals surface area (Å²) in [5, 5.41) is 20.9. The van der Waals surface area contributed by atoms with Gasteiger partial charge in [-0.15, -0.1) is 0 Å². The molecule has 15 heavy (non-hydrogen) atoms. The number of aliphatic hydroxyl groups is 2. The summed E-state index contributed by atoms with van der Waals surface area (Å²) in [4.78, 5) is 11.7. The minimum atomic E-state index is -0.968. The second-order valence-electron chi connectivity index (χ2n) is 4.12. The lowest BCUT2D eigenvalue weighted by atomic mass is 9.96. The zero-order valence-corrected chi connectivity index (χ0v) is 9.83. The highest BCUT2D eigenvalue weighted by molar-refractivity contribution is 5.85. The van der Waals surface area contributed by atoms with Crippen LogP contribution in [0.5, 0.6) is 0 Å². The van der Waals surface area contributed by atoms with Gasteiger partial charge in [-0.3, -0.25) is 4.79 Å². The topological polar surface area (TPSA) is 78.8 Å². The van der Waals surface area contributed by atoms with Crippen molar-refractivity contribution in [3.05, 3.63) is 0 Å². The Balaban J connectivity index is 4.62. The van der Waals surface area contributed by atoms with Crippen molar-refractivity contribution in [1.29, 1.82) is 0 Å². The van der Waals surface area contributed by atoms with Gasteiger partial charge in [-0.25, -0.2) is 0 Å². The predicted octanol–water partition coefficient (Wildman–Crippen LogP) is -0.339. The molecule has 0 unspecified atom stereocenters. The molecule has 0 aromatic heterocycles. The van der Waals surface area contributed by atoms with Crippen molar-refractivity contribution >= 4 is 5.91 Å². The molecular formula is C10H21NO4. The fourth-order valence-corrected chi connectivity index (χ4v) is 0.925. The first-order valence-electron chi connectivity index (χ1n) is 4.97. The number of amides is 1. The first-order chi connectivity index (χ1) is 6.87. The normalized spacial score (nSPS) is 12.7. The highest BCUT2D eigenvalue weighted by Gasteiger charge is 2.35. The summed E-state index contributed by atoms with van der Waals surface area (Å²) >= 11 is 0. The number of carbonyl (C=O) groups is 1. The quantitative estimate of drug-likeness (QED) is 0.571. The van der Waals surface area contributed by atoms with Crippen LogP contribution in [0.1, 0.15) is 27.2 Å². The number of hydrogen-bond acceptors (Lipinski definition) is 4. The van der Waals surface area contributed by atoms with Gasteiger partial charge in [0.05, 0.1) is 18.8 Å². The van der Waals surface area contributed by atoms with Crippen LogP contribution in [0.25, 0.3) is 0 Å². The second-order valence-corrected chi connectivity index (χ2v) is 4.12. The van der Waals surface area contributed by atoms with E-state index in [9.17, 15) is 4.79 Å². The van der Waals surface area contributed by atoms with Gasteiger partial charge in [-0.1, -0.05) is 6.92 Å². The summed E-state index contributed by atoms with van der Waals surface area (Å²) in [5.41, 5.74) is -1.93. The van der Waals surface area contributed by atoms with Gasteiger partial charge in [0.2, 0.25) is 0 Å². The molecule has 0 heterocycles. The van der Waals surface area contributed by atoms with Crippen LogP contribution in [0.2, 0.25) is 0 Å². The average molecular weight is 219 g/mol. The largest absolute Gasteiger partial charge is 0.394 e. The molecule has 0 spiro atoms. The van der Waals surface area contributed by atoms with Crippen LogP contribution in [0, 0.1) is 0 Å². The van der Waals surface area contributed by atoms with Crippen LogP contribution >= 0.6 is 0 Å². The fraction of sp³-hybridized carbons (Fsp3) is 0.900. The minimum absolute atomic E-state index is 0.300. The Hall–Kier alpha value is -0.650. The van der Waals surface area contributed by atoms with Gasteiger partial charge in [0.25, 0.3) is 5.91 Å². The Labute approximate surface area is 90.4 Å². The van der Waals surface area contributed by atoms with Crippen molar-refractivity contribution in [2.75, 3.05) is 20.3 Å². The summed E-state index contributed by atoms with van der Waals surface area (Å²) in [6.07, 6.45) is 0.450. The maximum Gasteiger partial charge on any atom is 0.252 e. The standard InChI is InChI=1S/C10H21NO4/c1-5-10(6-12,7-13)11-8(14)9(2,3)15-4/h12-13H,5-7H2,1-4H3,(H,11,14). The first-order valence-corrected chi connectivity index (χ1v) is 4.97. The van der Waals surface area contributed by atoms with Gasteiger partial charge in [0.1, 0.15) is 5.60 Å². The van der Waals surface area contributed by atoms with E-state index >= 15 is 0 Å². The van der Waals surface area contributed by atoms with Crippen molar-refractivity contribution < 1.29 is 19.7 Å². The molecule has 0 aliphatic carbocycles. The molecule has 5 nitrogen and oxygen atoms in total. The molecule has 0 aromatic carbocycles. The molecule has 0 bridgehead atoms. The van der Waals surface area contributed by atoms with Crippen LogP contribution < -0.4 is 5.32 Å². The number of ether oxygens (including phenoxy) is 1. The van der Waals surface area contributed by atoms with E-state index in [1.165, 1.54) is 7.11 Å². The van der Waals surface area contributed by atoms with E-state index in [-0.39, 0.29) is 19.1 Å². The Bertz CT molecular complexity index is 203. The van der Waals surface area contributed by atoms with Crippen molar-refractivity contribution in [3.8, 4) is 0 Å².